The summed E-state index contributed by atoms with van der Waals surface area (Å²) in [5.74, 6) is 0.689. The molecule has 1 heterocycles. The fourth-order valence-corrected chi connectivity index (χ4v) is 3.94. The van der Waals surface area contributed by atoms with Gasteiger partial charge in [0.05, 0.1) is 30.2 Å². The zero-order valence-corrected chi connectivity index (χ0v) is 19.9. The maximum atomic E-state index is 11.8. The molecule has 0 aliphatic heterocycles. The van der Waals surface area contributed by atoms with Crippen LogP contribution in [0.25, 0.3) is 34.2 Å². The van der Waals surface area contributed by atoms with Crippen molar-refractivity contribution in [3.05, 3.63) is 72.3 Å². The Morgan fingerprint density at radius 2 is 1.34 bits per heavy atom. The molecule has 0 radical (unpaired) electrons. The van der Waals surface area contributed by atoms with Crippen LogP contribution in [0, 0.1) is 0 Å². The molecule has 35 heavy (non-hydrogen) atoms. The number of methoxy groups -OCH3 is 2. The lowest BCUT2D eigenvalue weighted by Gasteiger charge is -2.10. The topological polar surface area (TPSA) is 129 Å². The number of aromatic nitrogens is 3. The summed E-state index contributed by atoms with van der Waals surface area (Å²) in [5.41, 5.74) is 1.88. The molecular formula is C25H21N3O6S. The molecule has 3 aromatic carbocycles. The van der Waals surface area contributed by atoms with Gasteiger partial charge >= 0.3 is 5.97 Å². The van der Waals surface area contributed by atoms with Crippen molar-refractivity contribution in [1.82, 2.24) is 15.0 Å². The number of benzene rings is 3. The zero-order chi connectivity index (χ0) is 25.2. The molecule has 10 heteroatoms. The van der Waals surface area contributed by atoms with Gasteiger partial charge in [-0.15, -0.1) is 0 Å². The van der Waals surface area contributed by atoms with E-state index in [-0.39, 0.29) is 22.3 Å². The number of hydrogen-bond donors (Lipinski definition) is 1. The fraction of sp³-hybridized carbons (Fsp3) is 0.120. The molecule has 0 fully saturated rings. The predicted octanol–water partition coefficient (Wildman–Crippen LogP) is 3.78. The van der Waals surface area contributed by atoms with Gasteiger partial charge in [0.15, 0.2) is 27.3 Å². The highest BCUT2D eigenvalue weighted by molar-refractivity contribution is 7.90. The van der Waals surface area contributed by atoms with E-state index in [1.807, 2.05) is 0 Å². The molecule has 1 aromatic heterocycles. The number of nitrogens with zero attached hydrogens (tertiary/aromatic N) is 3. The quantitative estimate of drug-likeness (QED) is 0.401. The third kappa shape index (κ3) is 5.12. The SMILES string of the molecule is COC(=O)c1ccc(-c2nc(-c3ccc(S(C)(=O)=O)cc3)nc(-c3ccc(OC)cc3O)n2)cc1. The van der Waals surface area contributed by atoms with Crippen molar-refractivity contribution in [2.75, 3.05) is 20.5 Å². The largest absolute Gasteiger partial charge is 0.507 e. The lowest BCUT2D eigenvalue weighted by atomic mass is 10.1. The standard InChI is InChI=1S/C25H21N3O6S/c1-33-18-10-13-20(21(29)14-18)24-27-22(15-4-6-17(7-5-15)25(30)34-2)26-23(28-24)16-8-11-19(12-9-16)35(3,31)32/h4-14,29H,1-3H3. The average Bonchev–Trinajstić information content (AvgIpc) is 2.87. The van der Waals surface area contributed by atoms with Crippen LogP contribution in [0.3, 0.4) is 0 Å². The molecule has 4 rings (SSSR count). The third-order valence-electron chi connectivity index (χ3n) is 5.19. The first-order chi connectivity index (χ1) is 16.7. The molecule has 0 unspecified atom stereocenters. The molecule has 0 amide bonds. The van der Waals surface area contributed by atoms with Gasteiger partial charge in [0.1, 0.15) is 11.5 Å². The molecule has 4 aromatic rings. The first-order valence-corrected chi connectivity index (χ1v) is 12.2. The summed E-state index contributed by atoms with van der Waals surface area (Å²) < 4.78 is 33.6. The Balaban J connectivity index is 1.86. The molecule has 178 valence electrons. The zero-order valence-electron chi connectivity index (χ0n) is 19.1. The first kappa shape index (κ1) is 23.8. The Hall–Kier alpha value is -4.31. The summed E-state index contributed by atoms with van der Waals surface area (Å²) >= 11 is 0. The van der Waals surface area contributed by atoms with Crippen molar-refractivity contribution < 1.29 is 27.8 Å². The summed E-state index contributed by atoms with van der Waals surface area (Å²) in [6, 6.07) is 17.4. The van der Waals surface area contributed by atoms with E-state index in [1.165, 1.54) is 32.4 Å². The number of aromatic hydroxyl groups is 1. The van der Waals surface area contributed by atoms with Crippen molar-refractivity contribution in [2.45, 2.75) is 4.90 Å². The number of esters is 1. The fourth-order valence-electron chi connectivity index (χ4n) is 3.31. The van der Waals surface area contributed by atoms with Gasteiger partial charge in [-0.25, -0.2) is 28.2 Å². The third-order valence-corrected chi connectivity index (χ3v) is 6.31. The van der Waals surface area contributed by atoms with E-state index in [2.05, 4.69) is 15.0 Å². The number of hydrogen-bond acceptors (Lipinski definition) is 9. The Labute approximate surface area is 202 Å². The van der Waals surface area contributed by atoms with Crippen molar-refractivity contribution in [3.8, 4) is 45.7 Å². The van der Waals surface area contributed by atoms with Gasteiger partial charge in [0.2, 0.25) is 0 Å². The number of phenolic OH excluding ortho intramolecular Hbond substituents is 1. The van der Waals surface area contributed by atoms with Crippen LogP contribution in [0.5, 0.6) is 11.5 Å². The summed E-state index contributed by atoms with van der Waals surface area (Å²) in [6.45, 7) is 0. The monoisotopic (exact) mass is 491 g/mol. The minimum atomic E-state index is -3.37. The van der Waals surface area contributed by atoms with Crippen LogP contribution in [0.15, 0.2) is 71.6 Å². The van der Waals surface area contributed by atoms with E-state index in [4.69, 9.17) is 9.47 Å². The summed E-state index contributed by atoms with van der Waals surface area (Å²) in [4.78, 5) is 25.6. The Morgan fingerprint density at radius 3 is 1.83 bits per heavy atom. The van der Waals surface area contributed by atoms with Gasteiger partial charge in [-0.2, -0.15) is 0 Å². The van der Waals surface area contributed by atoms with Crippen molar-refractivity contribution in [1.29, 1.82) is 0 Å². The van der Waals surface area contributed by atoms with Gasteiger partial charge in [-0.1, -0.05) is 12.1 Å². The lowest BCUT2D eigenvalue weighted by Crippen LogP contribution is -2.03. The van der Waals surface area contributed by atoms with Crippen LogP contribution < -0.4 is 4.74 Å². The molecule has 0 aliphatic carbocycles. The predicted molar refractivity (Wildman–Crippen MR) is 129 cm³/mol. The number of phenols is 1. The Bertz CT molecular complexity index is 1500. The highest BCUT2D eigenvalue weighted by atomic mass is 32.2. The van der Waals surface area contributed by atoms with E-state index >= 15 is 0 Å². The van der Waals surface area contributed by atoms with Gasteiger partial charge in [0, 0.05) is 23.4 Å². The molecule has 0 atom stereocenters. The highest BCUT2D eigenvalue weighted by Crippen LogP contribution is 2.32. The van der Waals surface area contributed by atoms with Crippen LogP contribution in [0.2, 0.25) is 0 Å². The molecule has 9 nitrogen and oxygen atoms in total. The average molecular weight is 492 g/mol. The molecule has 0 saturated heterocycles. The van der Waals surface area contributed by atoms with Gasteiger partial charge in [-0.05, 0) is 48.5 Å². The molecular weight excluding hydrogens is 470 g/mol. The van der Waals surface area contributed by atoms with Crippen molar-refractivity contribution >= 4 is 15.8 Å². The van der Waals surface area contributed by atoms with Gasteiger partial charge < -0.3 is 14.6 Å². The van der Waals surface area contributed by atoms with Crippen LogP contribution in [-0.4, -0.2) is 54.9 Å². The van der Waals surface area contributed by atoms with E-state index < -0.39 is 15.8 Å². The van der Waals surface area contributed by atoms with Crippen LogP contribution in [0.4, 0.5) is 0 Å². The minimum absolute atomic E-state index is 0.0825. The molecule has 1 N–H and O–H groups in total. The second kappa shape index (κ2) is 9.51. The van der Waals surface area contributed by atoms with Crippen LogP contribution in [-0.2, 0) is 14.6 Å². The van der Waals surface area contributed by atoms with E-state index in [9.17, 15) is 18.3 Å². The van der Waals surface area contributed by atoms with Crippen LogP contribution in [0.1, 0.15) is 10.4 Å². The summed E-state index contributed by atoms with van der Waals surface area (Å²) in [6.07, 6.45) is 1.13. The van der Waals surface area contributed by atoms with E-state index in [0.29, 0.717) is 33.8 Å². The summed E-state index contributed by atoms with van der Waals surface area (Å²) in [5, 5.41) is 10.6. The second-order valence-electron chi connectivity index (χ2n) is 7.55. The Morgan fingerprint density at radius 1 is 0.800 bits per heavy atom. The van der Waals surface area contributed by atoms with Gasteiger partial charge in [-0.3, -0.25) is 0 Å². The molecule has 0 bridgehead atoms. The molecule has 0 aliphatic rings. The maximum absolute atomic E-state index is 11.8. The Kier molecular flexibility index (Phi) is 6.48. The normalized spacial score (nSPS) is 11.2. The maximum Gasteiger partial charge on any atom is 0.337 e. The van der Waals surface area contributed by atoms with E-state index in [0.717, 1.165) is 6.26 Å². The number of rotatable bonds is 6. The van der Waals surface area contributed by atoms with Crippen molar-refractivity contribution in [2.24, 2.45) is 0 Å². The molecule has 0 saturated carbocycles. The van der Waals surface area contributed by atoms with Crippen molar-refractivity contribution in [3.63, 3.8) is 0 Å². The van der Waals surface area contributed by atoms with Gasteiger partial charge in [0.25, 0.3) is 0 Å². The molecule has 0 spiro atoms. The number of ether oxygens (including phenoxy) is 2. The minimum Gasteiger partial charge on any atom is -0.507 e. The number of carbonyl (C=O) groups excluding carboxylic acids is 1. The highest BCUT2D eigenvalue weighted by Gasteiger charge is 2.16. The van der Waals surface area contributed by atoms with Crippen LogP contribution >= 0.6 is 0 Å². The summed E-state index contributed by atoms with van der Waals surface area (Å²) in [7, 11) is -0.571. The smallest absolute Gasteiger partial charge is 0.337 e. The second-order valence-corrected chi connectivity index (χ2v) is 9.57. The number of sulfone groups is 1. The number of carbonyl (C=O) groups is 1. The lowest BCUT2D eigenvalue weighted by molar-refractivity contribution is 0.0600. The first-order valence-electron chi connectivity index (χ1n) is 10.3. The van der Waals surface area contributed by atoms with E-state index in [1.54, 1.807) is 48.5 Å².